The minimum absolute atomic E-state index is 0.0641. The molecule has 1 atom stereocenters. The maximum atomic E-state index is 10.6. The highest BCUT2D eigenvalue weighted by Crippen LogP contribution is 2.24. The van der Waals surface area contributed by atoms with Crippen LogP contribution in [0.1, 0.15) is 32.3 Å². The van der Waals surface area contributed by atoms with E-state index in [1.807, 2.05) is 0 Å². The molecule has 0 bridgehead atoms. The largest absolute Gasteiger partial charge is 0.375 e. The summed E-state index contributed by atoms with van der Waals surface area (Å²) in [6.45, 7) is 5.73. The van der Waals surface area contributed by atoms with Gasteiger partial charge in [0.1, 0.15) is 0 Å². The number of hydrogen-bond acceptors (Lipinski definition) is 4. The highest BCUT2D eigenvalue weighted by atomic mass is 16.6. The smallest absolute Gasteiger partial charge is 0.269 e. The third-order valence-corrected chi connectivity index (χ3v) is 3.44. The number of nitrogens with zero attached hydrogens (tertiary/aromatic N) is 1. The third-order valence-electron chi connectivity index (χ3n) is 3.44. The van der Waals surface area contributed by atoms with Crippen molar-refractivity contribution in [2.75, 3.05) is 6.61 Å². The van der Waals surface area contributed by atoms with Gasteiger partial charge in [-0.3, -0.25) is 10.1 Å². The molecule has 2 rings (SSSR count). The number of nitrogens with one attached hydrogen (secondary N) is 1. The predicted octanol–water partition coefficient (Wildman–Crippen LogP) is 2.64. The summed E-state index contributed by atoms with van der Waals surface area (Å²) in [4.78, 5) is 10.2. The molecule has 1 aromatic carbocycles. The summed E-state index contributed by atoms with van der Waals surface area (Å²) in [7, 11) is 0. The lowest BCUT2D eigenvalue weighted by Crippen LogP contribution is -2.43. The van der Waals surface area contributed by atoms with Crippen molar-refractivity contribution in [1.29, 1.82) is 0 Å². The summed E-state index contributed by atoms with van der Waals surface area (Å²) in [5.41, 5.74) is 1.14. The van der Waals surface area contributed by atoms with Crippen LogP contribution in [0.15, 0.2) is 24.3 Å². The van der Waals surface area contributed by atoms with Crippen LogP contribution in [-0.2, 0) is 11.3 Å². The van der Waals surface area contributed by atoms with Gasteiger partial charge in [-0.25, -0.2) is 0 Å². The predicted molar refractivity (Wildman–Crippen MR) is 73.0 cm³/mol. The van der Waals surface area contributed by atoms with E-state index >= 15 is 0 Å². The summed E-state index contributed by atoms with van der Waals surface area (Å²) in [6.07, 6.45) is 2.00. The Morgan fingerprint density at radius 1 is 1.42 bits per heavy atom. The quantitative estimate of drug-likeness (QED) is 0.670. The SMILES string of the molecule is CC1(C)CC(NCc2ccc([N+](=O)[O-])cc2)CCO1. The molecule has 19 heavy (non-hydrogen) atoms. The van der Waals surface area contributed by atoms with Crippen molar-refractivity contribution in [3.63, 3.8) is 0 Å². The van der Waals surface area contributed by atoms with Crippen molar-refractivity contribution in [3.8, 4) is 0 Å². The maximum absolute atomic E-state index is 10.6. The Hall–Kier alpha value is -1.46. The standard InChI is InChI=1S/C14H20N2O3/c1-14(2)9-12(7-8-19-14)15-10-11-3-5-13(6-4-11)16(17)18/h3-6,12,15H,7-10H2,1-2H3. The molecule has 0 aromatic heterocycles. The molecule has 1 aliphatic heterocycles. The molecule has 0 aliphatic carbocycles. The zero-order valence-electron chi connectivity index (χ0n) is 11.4. The summed E-state index contributed by atoms with van der Waals surface area (Å²) < 4.78 is 5.67. The molecular formula is C14H20N2O3. The maximum Gasteiger partial charge on any atom is 0.269 e. The molecule has 1 heterocycles. The van der Waals surface area contributed by atoms with E-state index in [1.54, 1.807) is 24.3 Å². The first-order valence-corrected chi connectivity index (χ1v) is 6.57. The van der Waals surface area contributed by atoms with Gasteiger partial charge in [0.15, 0.2) is 0 Å². The Bertz CT molecular complexity index is 443. The second kappa shape index (κ2) is 5.67. The Morgan fingerprint density at radius 2 is 2.11 bits per heavy atom. The van der Waals surface area contributed by atoms with E-state index in [9.17, 15) is 10.1 Å². The van der Waals surface area contributed by atoms with Gasteiger partial charge in [0.2, 0.25) is 0 Å². The second-order valence-corrected chi connectivity index (χ2v) is 5.60. The minimum atomic E-state index is -0.377. The average Bonchev–Trinajstić information content (AvgIpc) is 2.36. The molecule has 1 unspecified atom stereocenters. The normalized spacial score (nSPS) is 22.1. The van der Waals surface area contributed by atoms with Crippen LogP contribution in [0.2, 0.25) is 0 Å². The van der Waals surface area contributed by atoms with E-state index in [1.165, 1.54) is 0 Å². The van der Waals surface area contributed by atoms with E-state index < -0.39 is 0 Å². The van der Waals surface area contributed by atoms with E-state index in [4.69, 9.17) is 4.74 Å². The van der Waals surface area contributed by atoms with Crippen LogP contribution in [0.4, 0.5) is 5.69 Å². The van der Waals surface area contributed by atoms with Crippen LogP contribution < -0.4 is 5.32 Å². The van der Waals surface area contributed by atoms with Crippen molar-refractivity contribution in [2.24, 2.45) is 0 Å². The monoisotopic (exact) mass is 264 g/mol. The number of hydrogen-bond donors (Lipinski definition) is 1. The van der Waals surface area contributed by atoms with Crippen molar-refractivity contribution >= 4 is 5.69 Å². The number of ether oxygens (including phenoxy) is 1. The van der Waals surface area contributed by atoms with Gasteiger partial charge in [-0.1, -0.05) is 12.1 Å². The molecular weight excluding hydrogens is 244 g/mol. The molecule has 0 spiro atoms. The molecule has 0 saturated carbocycles. The zero-order chi connectivity index (χ0) is 13.9. The van der Waals surface area contributed by atoms with Crippen molar-refractivity contribution in [1.82, 2.24) is 5.32 Å². The fourth-order valence-electron chi connectivity index (χ4n) is 2.40. The topological polar surface area (TPSA) is 64.4 Å². The number of nitro groups is 1. The lowest BCUT2D eigenvalue weighted by Gasteiger charge is -2.36. The molecule has 0 radical (unpaired) electrons. The van der Waals surface area contributed by atoms with Crippen LogP contribution in [0.3, 0.4) is 0 Å². The minimum Gasteiger partial charge on any atom is -0.375 e. The number of rotatable bonds is 4. The van der Waals surface area contributed by atoms with Crippen LogP contribution in [0.25, 0.3) is 0 Å². The van der Waals surface area contributed by atoms with Crippen molar-refractivity contribution in [2.45, 2.75) is 44.9 Å². The summed E-state index contributed by atoms with van der Waals surface area (Å²) in [5.74, 6) is 0. The molecule has 1 saturated heterocycles. The van der Waals surface area contributed by atoms with Gasteiger partial charge in [0.05, 0.1) is 10.5 Å². The Morgan fingerprint density at radius 3 is 2.68 bits per heavy atom. The van der Waals surface area contributed by atoms with Crippen molar-refractivity contribution in [3.05, 3.63) is 39.9 Å². The van der Waals surface area contributed by atoms with E-state index in [0.29, 0.717) is 6.04 Å². The van der Waals surface area contributed by atoms with E-state index in [0.717, 1.165) is 31.6 Å². The van der Waals surface area contributed by atoms with Gasteiger partial charge in [-0.15, -0.1) is 0 Å². The fourth-order valence-corrected chi connectivity index (χ4v) is 2.40. The van der Waals surface area contributed by atoms with Gasteiger partial charge in [0, 0.05) is 31.3 Å². The molecule has 1 aliphatic rings. The van der Waals surface area contributed by atoms with Gasteiger partial charge < -0.3 is 10.1 Å². The molecule has 5 heteroatoms. The number of benzene rings is 1. The average molecular weight is 264 g/mol. The lowest BCUT2D eigenvalue weighted by molar-refractivity contribution is -0.384. The molecule has 1 N–H and O–H groups in total. The third kappa shape index (κ3) is 4.01. The first-order chi connectivity index (χ1) is 8.96. The molecule has 1 fully saturated rings. The Labute approximate surface area is 113 Å². The van der Waals surface area contributed by atoms with Crippen LogP contribution in [0.5, 0.6) is 0 Å². The summed E-state index contributed by atoms with van der Waals surface area (Å²) in [6, 6.07) is 7.14. The number of nitro benzene ring substituents is 1. The second-order valence-electron chi connectivity index (χ2n) is 5.60. The van der Waals surface area contributed by atoms with Gasteiger partial charge in [0.25, 0.3) is 5.69 Å². The molecule has 104 valence electrons. The Kier molecular flexibility index (Phi) is 4.17. The summed E-state index contributed by atoms with van der Waals surface area (Å²) >= 11 is 0. The van der Waals surface area contributed by atoms with E-state index in [-0.39, 0.29) is 16.2 Å². The van der Waals surface area contributed by atoms with Crippen molar-refractivity contribution < 1.29 is 9.66 Å². The Balaban J connectivity index is 1.86. The van der Waals surface area contributed by atoms with Crippen LogP contribution >= 0.6 is 0 Å². The van der Waals surface area contributed by atoms with Gasteiger partial charge in [-0.05, 0) is 32.3 Å². The highest BCUT2D eigenvalue weighted by Gasteiger charge is 2.28. The highest BCUT2D eigenvalue weighted by molar-refractivity contribution is 5.32. The summed E-state index contributed by atoms with van der Waals surface area (Å²) in [5, 5.41) is 14.1. The number of non-ortho nitro benzene ring substituents is 1. The van der Waals surface area contributed by atoms with Crippen LogP contribution in [0, 0.1) is 10.1 Å². The first-order valence-electron chi connectivity index (χ1n) is 6.57. The molecule has 1 aromatic rings. The molecule has 0 amide bonds. The van der Waals surface area contributed by atoms with Gasteiger partial charge >= 0.3 is 0 Å². The van der Waals surface area contributed by atoms with E-state index in [2.05, 4.69) is 19.2 Å². The van der Waals surface area contributed by atoms with Crippen LogP contribution in [-0.4, -0.2) is 23.2 Å². The fraction of sp³-hybridized carbons (Fsp3) is 0.571. The molecule has 5 nitrogen and oxygen atoms in total. The zero-order valence-corrected chi connectivity index (χ0v) is 11.4. The first kappa shape index (κ1) is 14.0. The lowest BCUT2D eigenvalue weighted by atomic mass is 9.94. The van der Waals surface area contributed by atoms with Gasteiger partial charge in [-0.2, -0.15) is 0 Å².